The van der Waals surface area contributed by atoms with E-state index in [0.717, 1.165) is 5.56 Å². The molecule has 0 fully saturated rings. The smallest absolute Gasteiger partial charge is 0.351 e. The zero-order valence-electron chi connectivity index (χ0n) is 18.0. The van der Waals surface area contributed by atoms with Gasteiger partial charge in [0, 0.05) is 6.42 Å². The van der Waals surface area contributed by atoms with Gasteiger partial charge in [0.2, 0.25) is 12.5 Å². The maximum Gasteiger partial charge on any atom is 0.351 e. The molecule has 2 rings (SSSR count). The summed E-state index contributed by atoms with van der Waals surface area (Å²) in [6.07, 6.45) is -0.534. The minimum absolute atomic E-state index is 0.0874. The molecule has 0 unspecified atom stereocenters. The third kappa shape index (κ3) is 6.56. The molecule has 1 aromatic rings. The van der Waals surface area contributed by atoms with Gasteiger partial charge < -0.3 is 19.6 Å². The van der Waals surface area contributed by atoms with E-state index >= 15 is 0 Å². The topological polar surface area (TPSA) is 86.2 Å². The van der Waals surface area contributed by atoms with Crippen molar-refractivity contribution in [3.63, 3.8) is 0 Å². The Balaban J connectivity index is 2.16. The van der Waals surface area contributed by atoms with Crippen LogP contribution in [0, 0.1) is 5.92 Å². The SMILES string of the molecule is CC(C)[C@@H](O[C@H](c1ccccc1)[C@H](C)NC=O)C1=NO[C@H](C(=O)OC(C)(C)C)C1. The monoisotopic (exact) mass is 404 g/mol. The summed E-state index contributed by atoms with van der Waals surface area (Å²) in [5.41, 5.74) is 1.02. The van der Waals surface area contributed by atoms with Crippen LogP contribution < -0.4 is 5.32 Å². The summed E-state index contributed by atoms with van der Waals surface area (Å²) < 4.78 is 11.8. The highest BCUT2D eigenvalue weighted by Crippen LogP contribution is 2.29. The highest BCUT2D eigenvalue weighted by molar-refractivity contribution is 5.94. The number of rotatable bonds is 9. The summed E-state index contributed by atoms with van der Waals surface area (Å²) in [4.78, 5) is 28.7. The van der Waals surface area contributed by atoms with Crippen molar-refractivity contribution in [2.24, 2.45) is 11.1 Å². The minimum atomic E-state index is -0.769. The van der Waals surface area contributed by atoms with E-state index in [9.17, 15) is 9.59 Å². The van der Waals surface area contributed by atoms with Gasteiger partial charge in [0.25, 0.3) is 0 Å². The first-order chi connectivity index (χ1) is 13.6. The van der Waals surface area contributed by atoms with Crippen molar-refractivity contribution in [3.8, 4) is 0 Å². The van der Waals surface area contributed by atoms with Crippen LogP contribution in [-0.4, -0.2) is 41.9 Å². The molecule has 0 aliphatic carbocycles. The molecule has 1 aromatic carbocycles. The highest BCUT2D eigenvalue weighted by Gasteiger charge is 2.38. The van der Waals surface area contributed by atoms with Gasteiger partial charge in [-0.2, -0.15) is 0 Å². The van der Waals surface area contributed by atoms with Gasteiger partial charge in [-0.05, 0) is 39.2 Å². The Kier molecular flexibility index (Phi) is 7.79. The van der Waals surface area contributed by atoms with Crippen molar-refractivity contribution in [1.82, 2.24) is 5.32 Å². The van der Waals surface area contributed by atoms with E-state index in [2.05, 4.69) is 10.5 Å². The number of esters is 1. The lowest BCUT2D eigenvalue weighted by atomic mass is 9.96. The Morgan fingerprint density at radius 3 is 2.41 bits per heavy atom. The Bertz CT molecular complexity index is 712. The predicted octanol–water partition coefficient (Wildman–Crippen LogP) is 3.39. The fourth-order valence-corrected chi connectivity index (χ4v) is 3.16. The van der Waals surface area contributed by atoms with Gasteiger partial charge in [0.1, 0.15) is 17.8 Å². The predicted molar refractivity (Wildman–Crippen MR) is 110 cm³/mol. The van der Waals surface area contributed by atoms with Gasteiger partial charge in [-0.1, -0.05) is 49.3 Å². The van der Waals surface area contributed by atoms with Crippen molar-refractivity contribution in [3.05, 3.63) is 35.9 Å². The summed E-state index contributed by atoms with van der Waals surface area (Å²) >= 11 is 0. The molecule has 29 heavy (non-hydrogen) atoms. The van der Waals surface area contributed by atoms with E-state index in [0.29, 0.717) is 18.5 Å². The average molecular weight is 405 g/mol. The van der Waals surface area contributed by atoms with Gasteiger partial charge in [-0.25, -0.2) is 4.79 Å². The second-order valence-corrected chi connectivity index (χ2v) is 8.62. The highest BCUT2D eigenvalue weighted by atomic mass is 16.7. The van der Waals surface area contributed by atoms with E-state index in [1.165, 1.54) is 0 Å². The van der Waals surface area contributed by atoms with Gasteiger partial charge in [0.15, 0.2) is 0 Å². The quantitative estimate of drug-likeness (QED) is 0.504. The largest absolute Gasteiger partial charge is 0.457 e. The van der Waals surface area contributed by atoms with Gasteiger partial charge >= 0.3 is 5.97 Å². The van der Waals surface area contributed by atoms with Crippen LogP contribution in [0.5, 0.6) is 0 Å². The van der Waals surface area contributed by atoms with E-state index < -0.39 is 17.7 Å². The fraction of sp³-hybridized carbons (Fsp3) is 0.591. The first kappa shape index (κ1) is 22.9. The van der Waals surface area contributed by atoms with Crippen LogP contribution in [-0.2, 0) is 23.9 Å². The van der Waals surface area contributed by atoms with Crippen LogP contribution in [0.4, 0.5) is 0 Å². The Labute approximate surface area is 172 Å². The maximum atomic E-state index is 12.3. The molecule has 0 saturated carbocycles. The molecule has 1 aliphatic heterocycles. The molecule has 0 radical (unpaired) electrons. The number of benzene rings is 1. The number of nitrogens with zero attached hydrogens (tertiary/aromatic N) is 1. The van der Waals surface area contributed by atoms with E-state index in [-0.39, 0.29) is 24.2 Å². The van der Waals surface area contributed by atoms with Crippen LogP contribution in [0.1, 0.15) is 59.6 Å². The summed E-state index contributed by atoms with van der Waals surface area (Å²) in [7, 11) is 0. The van der Waals surface area contributed by atoms with E-state index in [1.807, 2.05) is 71.9 Å². The number of nitrogens with one attached hydrogen (secondary N) is 1. The molecule has 1 amide bonds. The maximum absolute atomic E-state index is 12.3. The summed E-state index contributed by atoms with van der Waals surface area (Å²) in [5.74, 6) is -0.348. The van der Waals surface area contributed by atoms with Crippen LogP contribution >= 0.6 is 0 Å². The number of hydrogen-bond acceptors (Lipinski definition) is 6. The van der Waals surface area contributed by atoms with Crippen LogP contribution in [0.3, 0.4) is 0 Å². The molecule has 4 atom stereocenters. The van der Waals surface area contributed by atoms with Crippen LogP contribution in [0.15, 0.2) is 35.5 Å². The third-order valence-corrected chi connectivity index (χ3v) is 4.50. The molecular formula is C22H32N2O5. The van der Waals surface area contributed by atoms with Gasteiger partial charge in [-0.15, -0.1) is 0 Å². The number of hydrogen-bond donors (Lipinski definition) is 1. The molecule has 160 valence electrons. The molecule has 0 aromatic heterocycles. The molecular weight excluding hydrogens is 372 g/mol. The van der Waals surface area contributed by atoms with Crippen molar-refractivity contribution in [2.75, 3.05) is 0 Å². The molecule has 0 saturated heterocycles. The Morgan fingerprint density at radius 2 is 1.86 bits per heavy atom. The molecule has 1 N–H and O–H groups in total. The number of oxime groups is 1. The molecule has 1 aliphatic rings. The summed E-state index contributed by atoms with van der Waals surface area (Å²) in [6, 6.07) is 9.46. The molecule has 0 bridgehead atoms. The van der Waals surface area contributed by atoms with E-state index in [1.54, 1.807) is 0 Å². The number of ether oxygens (including phenoxy) is 2. The van der Waals surface area contributed by atoms with Crippen molar-refractivity contribution < 1.29 is 23.9 Å². The molecule has 1 heterocycles. The Hall–Kier alpha value is -2.41. The van der Waals surface area contributed by atoms with E-state index in [4.69, 9.17) is 14.3 Å². The zero-order valence-corrected chi connectivity index (χ0v) is 18.0. The number of carbonyl (C=O) groups excluding carboxylic acids is 2. The van der Waals surface area contributed by atoms with Crippen molar-refractivity contribution >= 4 is 18.1 Å². The lowest BCUT2D eigenvalue weighted by Crippen LogP contribution is -2.39. The molecule has 0 spiro atoms. The van der Waals surface area contributed by atoms with Crippen molar-refractivity contribution in [2.45, 2.75) is 77.9 Å². The van der Waals surface area contributed by atoms with Gasteiger partial charge in [0.05, 0.1) is 11.8 Å². The number of amides is 1. The first-order valence-electron chi connectivity index (χ1n) is 9.98. The van der Waals surface area contributed by atoms with Crippen molar-refractivity contribution in [1.29, 1.82) is 0 Å². The first-order valence-corrected chi connectivity index (χ1v) is 9.98. The van der Waals surface area contributed by atoms with Crippen LogP contribution in [0.2, 0.25) is 0 Å². The normalized spacial score (nSPS) is 19.7. The lowest BCUT2D eigenvalue weighted by molar-refractivity contribution is -0.166. The lowest BCUT2D eigenvalue weighted by Gasteiger charge is -2.31. The Morgan fingerprint density at radius 1 is 1.21 bits per heavy atom. The van der Waals surface area contributed by atoms with Gasteiger partial charge in [-0.3, -0.25) is 4.79 Å². The standard InChI is InChI=1S/C22H32N2O5/c1-14(2)19(17-12-18(29-24-17)21(26)28-22(4,5)6)27-20(15(3)23-13-25)16-10-8-7-9-11-16/h7-11,13-15,18-20H,12H2,1-6H3,(H,23,25)/t15-,18-,19+,20-/m0/s1. The zero-order chi connectivity index (χ0) is 21.6. The molecule has 7 nitrogen and oxygen atoms in total. The average Bonchev–Trinajstić information content (AvgIpc) is 3.11. The second kappa shape index (κ2) is 9.87. The second-order valence-electron chi connectivity index (χ2n) is 8.62. The summed E-state index contributed by atoms with van der Waals surface area (Å²) in [5, 5.41) is 6.92. The summed E-state index contributed by atoms with van der Waals surface area (Å²) in [6.45, 7) is 11.4. The third-order valence-electron chi connectivity index (χ3n) is 4.50. The number of carbonyl (C=O) groups is 2. The fourth-order valence-electron chi connectivity index (χ4n) is 3.16. The van der Waals surface area contributed by atoms with Crippen LogP contribution in [0.25, 0.3) is 0 Å². The minimum Gasteiger partial charge on any atom is -0.457 e. The molecule has 7 heteroatoms.